The third-order valence-corrected chi connectivity index (χ3v) is 5.49. The van der Waals surface area contributed by atoms with Gasteiger partial charge in [-0.2, -0.15) is 0 Å². The SMILES string of the molecule is CSc1cccc2sc(N3CCCC(CO)C3)nc12. The van der Waals surface area contributed by atoms with Crippen molar-refractivity contribution in [1.29, 1.82) is 0 Å². The predicted molar refractivity (Wildman–Crippen MR) is 83.4 cm³/mol. The number of piperidine rings is 1. The third-order valence-electron chi connectivity index (χ3n) is 3.64. The van der Waals surface area contributed by atoms with Crippen molar-refractivity contribution in [3.63, 3.8) is 0 Å². The number of aliphatic hydroxyl groups excluding tert-OH is 1. The maximum atomic E-state index is 9.33. The molecule has 0 spiro atoms. The smallest absolute Gasteiger partial charge is 0.186 e. The molecule has 1 aliphatic rings. The van der Waals surface area contributed by atoms with E-state index in [1.165, 1.54) is 9.60 Å². The van der Waals surface area contributed by atoms with Gasteiger partial charge in [-0.05, 0) is 37.1 Å². The molecule has 0 radical (unpaired) electrons. The Kier molecular flexibility index (Phi) is 3.96. The van der Waals surface area contributed by atoms with E-state index in [2.05, 4.69) is 29.4 Å². The summed E-state index contributed by atoms with van der Waals surface area (Å²) in [5, 5.41) is 10.4. The van der Waals surface area contributed by atoms with Crippen LogP contribution in [0.25, 0.3) is 10.2 Å². The number of rotatable bonds is 3. The van der Waals surface area contributed by atoms with Crippen molar-refractivity contribution >= 4 is 38.4 Å². The molecule has 5 heteroatoms. The number of thiazole rings is 1. The first-order chi connectivity index (χ1) is 9.31. The van der Waals surface area contributed by atoms with Gasteiger partial charge in [-0.25, -0.2) is 4.98 Å². The summed E-state index contributed by atoms with van der Waals surface area (Å²) in [7, 11) is 0. The second-order valence-electron chi connectivity index (χ2n) is 4.94. The summed E-state index contributed by atoms with van der Waals surface area (Å²) in [5.74, 6) is 0.404. The Morgan fingerprint density at radius 1 is 1.53 bits per heavy atom. The lowest BCUT2D eigenvalue weighted by Crippen LogP contribution is -2.36. The van der Waals surface area contributed by atoms with Gasteiger partial charge in [0.2, 0.25) is 0 Å². The van der Waals surface area contributed by atoms with Crippen LogP contribution in [0.4, 0.5) is 5.13 Å². The van der Waals surface area contributed by atoms with E-state index in [1.54, 1.807) is 23.1 Å². The molecule has 1 N–H and O–H groups in total. The highest BCUT2D eigenvalue weighted by Crippen LogP contribution is 2.35. The molecule has 3 rings (SSSR count). The number of aliphatic hydroxyl groups is 1. The van der Waals surface area contributed by atoms with Crippen LogP contribution in [0.3, 0.4) is 0 Å². The Balaban J connectivity index is 1.92. The molecule has 1 fully saturated rings. The van der Waals surface area contributed by atoms with E-state index in [1.807, 2.05) is 0 Å². The minimum absolute atomic E-state index is 0.289. The summed E-state index contributed by atoms with van der Waals surface area (Å²) in [6.07, 6.45) is 4.38. The fourth-order valence-electron chi connectivity index (χ4n) is 2.60. The zero-order valence-electron chi connectivity index (χ0n) is 11.0. The lowest BCUT2D eigenvalue weighted by molar-refractivity contribution is 0.208. The van der Waals surface area contributed by atoms with E-state index in [0.717, 1.165) is 36.6 Å². The van der Waals surface area contributed by atoms with E-state index >= 15 is 0 Å². The molecule has 1 atom stereocenters. The molecule has 19 heavy (non-hydrogen) atoms. The van der Waals surface area contributed by atoms with Gasteiger partial charge in [0.25, 0.3) is 0 Å². The number of aromatic nitrogens is 1. The van der Waals surface area contributed by atoms with Crippen LogP contribution in [0, 0.1) is 5.92 Å². The number of hydrogen-bond acceptors (Lipinski definition) is 5. The van der Waals surface area contributed by atoms with E-state index in [4.69, 9.17) is 4.98 Å². The number of para-hydroxylation sites is 1. The highest BCUT2D eigenvalue weighted by Gasteiger charge is 2.22. The molecule has 1 aromatic carbocycles. The molecule has 0 aliphatic carbocycles. The average molecular weight is 294 g/mol. The normalized spacial score (nSPS) is 20.1. The van der Waals surface area contributed by atoms with Crippen LogP contribution >= 0.6 is 23.1 Å². The lowest BCUT2D eigenvalue weighted by Gasteiger charge is -2.31. The van der Waals surface area contributed by atoms with Gasteiger partial charge in [-0.1, -0.05) is 17.4 Å². The van der Waals surface area contributed by atoms with Crippen LogP contribution in [-0.2, 0) is 0 Å². The summed E-state index contributed by atoms with van der Waals surface area (Å²) in [4.78, 5) is 8.40. The number of fused-ring (bicyclic) bond motifs is 1. The molecule has 2 heterocycles. The monoisotopic (exact) mass is 294 g/mol. The van der Waals surface area contributed by atoms with Crippen LogP contribution < -0.4 is 4.90 Å². The highest BCUT2D eigenvalue weighted by atomic mass is 32.2. The summed E-state index contributed by atoms with van der Waals surface area (Å²) in [5.41, 5.74) is 1.13. The maximum absolute atomic E-state index is 9.33. The Morgan fingerprint density at radius 2 is 2.42 bits per heavy atom. The van der Waals surface area contributed by atoms with Crippen LogP contribution in [-0.4, -0.2) is 36.0 Å². The van der Waals surface area contributed by atoms with Crippen molar-refractivity contribution in [1.82, 2.24) is 4.98 Å². The van der Waals surface area contributed by atoms with Gasteiger partial charge in [0.15, 0.2) is 5.13 Å². The molecule has 3 nitrogen and oxygen atoms in total. The van der Waals surface area contributed by atoms with Crippen LogP contribution in [0.2, 0.25) is 0 Å². The fourth-order valence-corrected chi connectivity index (χ4v) is 4.26. The Morgan fingerprint density at radius 3 is 3.21 bits per heavy atom. The Bertz CT molecular complexity index is 570. The van der Waals surface area contributed by atoms with Crippen molar-refractivity contribution in [2.75, 3.05) is 30.9 Å². The van der Waals surface area contributed by atoms with Crippen molar-refractivity contribution in [3.8, 4) is 0 Å². The maximum Gasteiger partial charge on any atom is 0.186 e. The number of hydrogen-bond donors (Lipinski definition) is 1. The summed E-state index contributed by atoms with van der Waals surface area (Å²) in [6, 6.07) is 6.37. The standard InChI is InChI=1S/C14H18N2OS2/c1-18-11-5-2-6-12-13(11)15-14(19-12)16-7-3-4-10(8-16)9-17/h2,5-6,10,17H,3-4,7-9H2,1H3. The first kappa shape index (κ1) is 13.2. The van der Waals surface area contributed by atoms with E-state index in [9.17, 15) is 5.11 Å². The zero-order valence-corrected chi connectivity index (χ0v) is 12.6. The van der Waals surface area contributed by atoms with Gasteiger partial charge in [-0.3, -0.25) is 0 Å². The van der Waals surface area contributed by atoms with Gasteiger partial charge in [0, 0.05) is 24.6 Å². The predicted octanol–water partition coefficient (Wildman–Crippen LogP) is 3.23. The summed E-state index contributed by atoms with van der Waals surface area (Å²) in [6.45, 7) is 2.29. The van der Waals surface area contributed by atoms with E-state index in [-0.39, 0.29) is 6.61 Å². The molecule has 1 saturated heterocycles. The van der Waals surface area contributed by atoms with Gasteiger partial charge in [0.1, 0.15) is 0 Å². The molecule has 1 aromatic heterocycles. The van der Waals surface area contributed by atoms with Crippen molar-refractivity contribution < 1.29 is 5.11 Å². The molecular weight excluding hydrogens is 276 g/mol. The summed E-state index contributed by atoms with van der Waals surface area (Å²) < 4.78 is 1.26. The minimum Gasteiger partial charge on any atom is -0.396 e. The van der Waals surface area contributed by atoms with Crippen LogP contribution in [0.5, 0.6) is 0 Å². The van der Waals surface area contributed by atoms with E-state index < -0.39 is 0 Å². The average Bonchev–Trinajstić information content (AvgIpc) is 2.91. The second kappa shape index (κ2) is 5.69. The molecule has 1 unspecified atom stereocenters. The molecule has 0 bridgehead atoms. The van der Waals surface area contributed by atoms with E-state index in [0.29, 0.717) is 5.92 Å². The van der Waals surface area contributed by atoms with Crippen molar-refractivity contribution in [2.45, 2.75) is 17.7 Å². The fraction of sp³-hybridized carbons (Fsp3) is 0.500. The number of thioether (sulfide) groups is 1. The minimum atomic E-state index is 0.289. The molecular formula is C14H18N2OS2. The zero-order chi connectivity index (χ0) is 13.2. The van der Waals surface area contributed by atoms with Crippen molar-refractivity contribution in [2.24, 2.45) is 5.92 Å². The first-order valence-corrected chi connectivity index (χ1v) is 8.65. The Hall–Kier alpha value is -0.780. The number of anilines is 1. The van der Waals surface area contributed by atoms with Gasteiger partial charge in [-0.15, -0.1) is 11.8 Å². The van der Waals surface area contributed by atoms with Gasteiger partial charge in [0.05, 0.1) is 10.2 Å². The quantitative estimate of drug-likeness (QED) is 0.882. The summed E-state index contributed by atoms with van der Waals surface area (Å²) >= 11 is 3.51. The van der Waals surface area contributed by atoms with Crippen LogP contribution in [0.1, 0.15) is 12.8 Å². The number of benzene rings is 1. The largest absolute Gasteiger partial charge is 0.396 e. The molecule has 1 aliphatic heterocycles. The highest BCUT2D eigenvalue weighted by molar-refractivity contribution is 7.98. The van der Waals surface area contributed by atoms with Crippen LogP contribution in [0.15, 0.2) is 23.1 Å². The molecule has 102 valence electrons. The lowest BCUT2D eigenvalue weighted by atomic mass is 10.00. The molecule has 0 saturated carbocycles. The molecule has 2 aromatic rings. The van der Waals surface area contributed by atoms with Gasteiger partial charge >= 0.3 is 0 Å². The third kappa shape index (κ3) is 2.59. The number of nitrogens with zero attached hydrogens (tertiary/aromatic N) is 2. The van der Waals surface area contributed by atoms with Gasteiger partial charge < -0.3 is 10.0 Å². The first-order valence-electron chi connectivity index (χ1n) is 6.61. The second-order valence-corrected chi connectivity index (χ2v) is 6.80. The Labute approximate surface area is 121 Å². The topological polar surface area (TPSA) is 36.4 Å². The van der Waals surface area contributed by atoms with Crippen molar-refractivity contribution in [3.05, 3.63) is 18.2 Å². The molecule has 0 amide bonds.